The number of hydrogen-bond acceptors (Lipinski definition) is 5. The van der Waals surface area contributed by atoms with Gasteiger partial charge in [0, 0.05) is 6.07 Å². The van der Waals surface area contributed by atoms with Gasteiger partial charge in [0.1, 0.15) is 17.2 Å². The molecule has 0 unspecified atom stereocenters. The summed E-state index contributed by atoms with van der Waals surface area (Å²) in [6, 6.07) is 8.70. The molecule has 6 nitrogen and oxygen atoms in total. The highest BCUT2D eigenvalue weighted by molar-refractivity contribution is 6.14. The smallest absolute Gasteiger partial charge is 0.341 e. The van der Waals surface area contributed by atoms with Crippen LogP contribution >= 0.6 is 0 Å². The predicted molar refractivity (Wildman–Crippen MR) is 95.0 cm³/mol. The van der Waals surface area contributed by atoms with Crippen LogP contribution in [0.15, 0.2) is 36.1 Å². The zero-order valence-corrected chi connectivity index (χ0v) is 14.7. The maximum absolute atomic E-state index is 12.5. The summed E-state index contributed by atoms with van der Waals surface area (Å²) < 4.78 is 16.1. The lowest BCUT2D eigenvalue weighted by Gasteiger charge is -2.11. The van der Waals surface area contributed by atoms with Crippen LogP contribution in [0.5, 0.6) is 17.2 Å². The average molecular weight is 354 g/mol. The van der Waals surface area contributed by atoms with Crippen LogP contribution in [0, 0.1) is 13.8 Å². The van der Waals surface area contributed by atoms with Gasteiger partial charge in [0.05, 0.1) is 12.7 Å². The van der Waals surface area contributed by atoms with Crippen LogP contribution in [0.1, 0.15) is 27.0 Å². The zero-order chi connectivity index (χ0) is 18.8. The molecule has 1 N–H and O–H groups in total. The first-order valence-corrected chi connectivity index (χ1v) is 7.97. The van der Waals surface area contributed by atoms with Crippen molar-refractivity contribution < 1.29 is 28.9 Å². The molecule has 6 heteroatoms. The van der Waals surface area contributed by atoms with Crippen molar-refractivity contribution in [3.8, 4) is 17.2 Å². The minimum Gasteiger partial charge on any atom is -0.497 e. The van der Waals surface area contributed by atoms with Crippen LogP contribution in [0.25, 0.3) is 6.08 Å². The minimum atomic E-state index is -1.03. The summed E-state index contributed by atoms with van der Waals surface area (Å²) in [5, 5.41) is 8.76. The summed E-state index contributed by atoms with van der Waals surface area (Å²) in [5.74, 6) is 0.615. The Hall–Kier alpha value is -3.28. The number of rotatable bonds is 5. The Balaban J connectivity index is 1.89. The fourth-order valence-corrected chi connectivity index (χ4v) is 2.87. The van der Waals surface area contributed by atoms with E-state index in [0.29, 0.717) is 22.8 Å². The van der Waals surface area contributed by atoms with Gasteiger partial charge in [-0.15, -0.1) is 0 Å². The number of ether oxygens (including phenoxy) is 3. The SMILES string of the molecule is COc1ccc2c(c1)OC(=Cc1cc(C)c(OCC(=O)O)c(C)c1)C2=O. The number of benzene rings is 2. The maximum Gasteiger partial charge on any atom is 0.341 e. The number of methoxy groups -OCH3 is 1. The Morgan fingerprint density at radius 2 is 1.88 bits per heavy atom. The second-order valence-electron chi connectivity index (χ2n) is 5.97. The van der Waals surface area contributed by atoms with Gasteiger partial charge in [0.15, 0.2) is 12.4 Å². The number of hydrogen-bond donors (Lipinski definition) is 1. The topological polar surface area (TPSA) is 82.1 Å². The Bertz CT molecular complexity index is 903. The third kappa shape index (κ3) is 3.39. The quantitative estimate of drug-likeness (QED) is 0.829. The molecule has 1 aliphatic heterocycles. The molecule has 134 valence electrons. The Morgan fingerprint density at radius 1 is 1.19 bits per heavy atom. The van der Waals surface area contributed by atoms with Gasteiger partial charge >= 0.3 is 5.97 Å². The second-order valence-corrected chi connectivity index (χ2v) is 5.97. The number of carbonyl (C=O) groups is 2. The molecule has 3 rings (SSSR count). The predicted octanol–water partition coefficient (Wildman–Crippen LogP) is 3.39. The Labute approximate surface area is 150 Å². The highest BCUT2D eigenvalue weighted by Crippen LogP contribution is 2.35. The summed E-state index contributed by atoms with van der Waals surface area (Å²) in [5.41, 5.74) is 2.82. The first-order chi connectivity index (χ1) is 12.4. The molecule has 0 saturated heterocycles. The molecule has 1 heterocycles. The van der Waals surface area contributed by atoms with Gasteiger partial charge in [0.25, 0.3) is 0 Å². The number of Topliss-reactive ketones (excluding diaryl/α,β-unsaturated/α-hetero) is 1. The molecule has 0 spiro atoms. The molecule has 1 aliphatic rings. The van der Waals surface area contributed by atoms with E-state index < -0.39 is 12.6 Å². The van der Waals surface area contributed by atoms with Crippen molar-refractivity contribution in [2.75, 3.05) is 13.7 Å². The van der Waals surface area contributed by atoms with Gasteiger partial charge in [-0.25, -0.2) is 4.79 Å². The van der Waals surface area contributed by atoms with E-state index in [2.05, 4.69) is 0 Å². The van der Waals surface area contributed by atoms with Crippen molar-refractivity contribution in [3.05, 3.63) is 58.3 Å². The lowest BCUT2D eigenvalue weighted by molar-refractivity contribution is -0.139. The molecule has 26 heavy (non-hydrogen) atoms. The van der Waals surface area contributed by atoms with Crippen molar-refractivity contribution in [1.29, 1.82) is 0 Å². The summed E-state index contributed by atoms with van der Waals surface area (Å²) in [6.07, 6.45) is 1.66. The monoisotopic (exact) mass is 354 g/mol. The lowest BCUT2D eigenvalue weighted by atomic mass is 10.0. The molecular weight excluding hydrogens is 336 g/mol. The summed E-state index contributed by atoms with van der Waals surface area (Å²) >= 11 is 0. The van der Waals surface area contributed by atoms with Crippen molar-refractivity contribution in [1.82, 2.24) is 0 Å². The fourth-order valence-electron chi connectivity index (χ4n) is 2.87. The van der Waals surface area contributed by atoms with E-state index >= 15 is 0 Å². The highest BCUT2D eigenvalue weighted by Gasteiger charge is 2.27. The van der Waals surface area contributed by atoms with Crippen LogP contribution in [-0.4, -0.2) is 30.6 Å². The number of carboxylic acids is 1. The van der Waals surface area contributed by atoms with E-state index in [4.69, 9.17) is 19.3 Å². The van der Waals surface area contributed by atoms with Crippen molar-refractivity contribution in [2.45, 2.75) is 13.8 Å². The van der Waals surface area contributed by atoms with Gasteiger partial charge in [-0.2, -0.15) is 0 Å². The largest absolute Gasteiger partial charge is 0.497 e. The third-order valence-electron chi connectivity index (χ3n) is 4.00. The molecule has 0 amide bonds. The molecule has 0 aromatic heterocycles. The van der Waals surface area contributed by atoms with Crippen LogP contribution in [0.4, 0.5) is 0 Å². The molecule has 2 aromatic rings. The number of fused-ring (bicyclic) bond motifs is 1. The normalized spacial score (nSPS) is 14.1. The van der Waals surface area contributed by atoms with E-state index in [-0.39, 0.29) is 11.5 Å². The van der Waals surface area contributed by atoms with E-state index in [1.165, 1.54) is 0 Å². The number of aryl methyl sites for hydroxylation is 2. The summed E-state index contributed by atoms with van der Waals surface area (Å²) in [7, 11) is 1.55. The number of ketones is 1. The van der Waals surface area contributed by atoms with Crippen molar-refractivity contribution in [3.63, 3.8) is 0 Å². The maximum atomic E-state index is 12.5. The standard InChI is InChI=1S/C20H18O6/c1-11-6-13(7-12(2)20(11)25-10-18(21)22)8-17-19(23)15-5-4-14(24-3)9-16(15)26-17/h4-9H,10H2,1-3H3,(H,21,22). The Morgan fingerprint density at radius 3 is 2.50 bits per heavy atom. The van der Waals surface area contributed by atoms with Crippen molar-refractivity contribution >= 4 is 17.8 Å². The van der Waals surface area contributed by atoms with Gasteiger partial charge in [-0.1, -0.05) is 0 Å². The number of allylic oxidation sites excluding steroid dienone is 1. The molecule has 0 bridgehead atoms. The van der Waals surface area contributed by atoms with Gasteiger partial charge in [-0.3, -0.25) is 4.79 Å². The number of carboxylic acid groups (broad SMARTS) is 1. The van der Waals surface area contributed by atoms with E-state index in [0.717, 1.165) is 16.7 Å². The number of carbonyl (C=O) groups excluding carboxylic acids is 1. The lowest BCUT2D eigenvalue weighted by Crippen LogP contribution is -2.11. The Kier molecular flexibility index (Phi) is 4.67. The van der Waals surface area contributed by atoms with Crippen LogP contribution in [0.3, 0.4) is 0 Å². The van der Waals surface area contributed by atoms with Crippen LogP contribution in [-0.2, 0) is 4.79 Å². The average Bonchev–Trinajstić information content (AvgIpc) is 2.89. The first kappa shape index (κ1) is 17.5. The molecule has 0 fully saturated rings. The molecule has 0 saturated carbocycles. The molecule has 0 radical (unpaired) electrons. The van der Waals surface area contributed by atoms with E-state index in [1.54, 1.807) is 31.4 Å². The van der Waals surface area contributed by atoms with Crippen LogP contribution in [0.2, 0.25) is 0 Å². The summed E-state index contributed by atoms with van der Waals surface area (Å²) in [6.45, 7) is 3.24. The molecule has 0 aliphatic carbocycles. The van der Waals surface area contributed by atoms with Crippen molar-refractivity contribution in [2.24, 2.45) is 0 Å². The van der Waals surface area contributed by atoms with Gasteiger partial charge in [-0.05, 0) is 60.9 Å². The highest BCUT2D eigenvalue weighted by atomic mass is 16.5. The van der Waals surface area contributed by atoms with Gasteiger partial charge < -0.3 is 19.3 Å². The zero-order valence-electron chi connectivity index (χ0n) is 14.7. The van der Waals surface area contributed by atoms with E-state index in [9.17, 15) is 9.59 Å². The first-order valence-electron chi connectivity index (χ1n) is 7.97. The molecular formula is C20H18O6. The minimum absolute atomic E-state index is 0.191. The summed E-state index contributed by atoms with van der Waals surface area (Å²) in [4.78, 5) is 23.2. The molecule has 2 aromatic carbocycles. The third-order valence-corrected chi connectivity index (χ3v) is 4.00. The van der Waals surface area contributed by atoms with Gasteiger partial charge in [0.2, 0.25) is 5.78 Å². The second kappa shape index (κ2) is 6.92. The number of aliphatic carboxylic acids is 1. The van der Waals surface area contributed by atoms with E-state index in [1.807, 2.05) is 26.0 Å². The molecule has 0 atom stereocenters. The van der Waals surface area contributed by atoms with Crippen LogP contribution < -0.4 is 14.2 Å². The fraction of sp³-hybridized carbons (Fsp3) is 0.200.